The minimum absolute atomic E-state index is 0.0827. The van der Waals surface area contributed by atoms with Gasteiger partial charge in [-0.2, -0.15) is 0 Å². The average Bonchev–Trinajstić information content (AvgIpc) is 1.79. The lowest BCUT2D eigenvalue weighted by atomic mass is 10.0. The number of rotatable bonds is 3. The molecule has 3 N–H and O–H groups in total. The van der Waals surface area contributed by atoms with Gasteiger partial charge in [-0.1, -0.05) is 0 Å². The SMILES string of the molecule is CC1(OCCN)CNC1. The molecule has 0 aromatic carbocycles. The Bertz CT molecular complexity index is 91.1. The van der Waals surface area contributed by atoms with Crippen molar-refractivity contribution in [3.05, 3.63) is 0 Å². The molecule has 0 atom stereocenters. The van der Waals surface area contributed by atoms with Crippen molar-refractivity contribution < 1.29 is 4.74 Å². The molecule has 0 saturated carbocycles. The van der Waals surface area contributed by atoms with Crippen LogP contribution in [0.25, 0.3) is 0 Å². The molecule has 0 unspecified atom stereocenters. The Balaban J connectivity index is 2.09. The van der Waals surface area contributed by atoms with Crippen LogP contribution in [0.2, 0.25) is 0 Å². The van der Waals surface area contributed by atoms with Crippen LogP contribution in [-0.4, -0.2) is 31.8 Å². The van der Waals surface area contributed by atoms with Gasteiger partial charge in [0.1, 0.15) is 0 Å². The van der Waals surface area contributed by atoms with Crippen molar-refractivity contribution >= 4 is 0 Å². The number of ether oxygens (including phenoxy) is 1. The highest BCUT2D eigenvalue weighted by molar-refractivity contribution is 4.89. The van der Waals surface area contributed by atoms with Gasteiger partial charge in [0.15, 0.2) is 0 Å². The molecule has 1 rings (SSSR count). The first kappa shape index (κ1) is 6.99. The van der Waals surface area contributed by atoms with Crippen molar-refractivity contribution in [2.75, 3.05) is 26.2 Å². The molecule has 0 aliphatic carbocycles. The van der Waals surface area contributed by atoms with E-state index >= 15 is 0 Å². The number of nitrogens with two attached hydrogens (primary N) is 1. The van der Waals surface area contributed by atoms with Crippen LogP contribution in [0.5, 0.6) is 0 Å². The second-order valence-corrected chi connectivity index (χ2v) is 2.69. The quantitative estimate of drug-likeness (QED) is 0.532. The maximum absolute atomic E-state index is 5.43. The molecule has 0 radical (unpaired) electrons. The van der Waals surface area contributed by atoms with Crippen LogP contribution >= 0.6 is 0 Å². The third-order valence-electron chi connectivity index (χ3n) is 1.57. The summed E-state index contributed by atoms with van der Waals surface area (Å²) < 4.78 is 5.43. The number of hydrogen-bond acceptors (Lipinski definition) is 3. The zero-order valence-electron chi connectivity index (χ0n) is 5.81. The zero-order valence-corrected chi connectivity index (χ0v) is 5.81. The smallest absolute Gasteiger partial charge is 0.0902 e. The molecule has 3 heteroatoms. The Morgan fingerprint density at radius 3 is 2.67 bits per heavy atom. The average molecular weight is 130 g/mol. The Labute approximate surface area is 55.6 Å². The van der Waals surface area contributed by atoms with Crippen molar-refractivity contribution in [2.24, 2.45) is 5.73 Å². The van der Waals surface area contributed by atoms with Crippen LogP contribution in [-0.2, 0) is 4.74 Å². The van der Waals surface area contributed by atoms with Gasteiger partial charge in [-0.3, -0.25) is 0 Å². The Kier molecular flexibility index (Phi) is 2.05. The van der Waals surface area contributed by atoms with Gasteiger partial charge in [0, 0.05) is 19.6 Å². The van der Waals surface area contributed by atoms with Gasteiger partial charge in [-0.25, -0.2) is 0 Å². The van der Waals surface area contributed by atoms with E-state index in [1.54, 1.807) is 0 Å². The monoisotopic (exact) mass is 130 g/mol. The van der Waals surface area contributed by atoms with Crippen molar-refractivity contribution in [2.45, 2.75) is 12.5 Å². The van der Waals surface area contributed by atoms with Gasteiger partial charge < -0.3 is 15.8 Å². The summed E-state index contributed by atoms with van der Waals surface area (Å²) in [6.45, 7) is 5.33. The molecule has 0 aromatic heterocycles. The molecule has 0 aromatic rings. The van der Waals surface area contributed by atoms with Crippen LogP contribution in [0.15, 0.2) is 0 Å². The predicted molar refractivity (Wildman–Crippen MR) is 36.3 cm³/mol. The highest BCUT2D eigenvalue weighted by atomic mass is 16.5. The molecular formula is C6H14N2O. The van der Waals surface area contributed by atoms with Gasteiger partial charge in [0.2, 0.25) is 0 Å². The molecular weight excluding hydrogens is 116 g/mol. The van der Waals surface area contributed by atoms with E-state index in [4.69, 9.17) is 10.5 Å². The molecule has 1 heterocycles. The van der Waals surface area contributed by atoms with Crippen molar-refractivity contribution in [1.82, 2.24) is 5.32 Å². The first-order valence-corrected chi connectivity index (χ1v) is 3.32. The van der Waals surface area contributed by atoms with E-state index in [0.29, 0.717) is 13.2 Å². The fraction of sp³-hybridized carbons (Fsp3) is 1.00. The summed E-state index contributed by atoms with van der Waals surface area (Å²) in [6.07, 6.45) is 0. The standard InChI is InChI=1S/C6H14N2O/c1-6(4-8-5-6)9-3-2-7/h8H,2-5,7H2,1H3. The first-order chi connectivity index (χ1) is 4.27. The normalized spacial score (nSPS) is 23.3. The summed E-state index contributed by atoms with van der Waals surface area (Å²) in [5.41, 5.74) is 5.35. The summed E-state index contributed by atoms with van der Waals surface area (Å²) in [6, 6.07) is 0. The van der Waals surface area contributed by atoms with Crippen LogP contribution in [0.4, 0.5) is 0 Å². The van der Waals surface area contributed by atoms with Crippen molar-refractivity contribution in [3.8, 4) is 0 Å². The van der Waals surface area contributed by atoms with E-state index in [0.717, 1.165) is 13.1 Å². The lowest BCUT2D eigenvalue weighted by Gasteiger charge is -2.38. The summed E-state index contributed by atoms with van der Waals surface area (Å²) >= 11 is 0. The summed E-state index contributed by atoms with van der Waals surface area (Å²) in [5.74, 6) is 0. The maximum Gasteiger partial charge on any atom is 0.0902 e. The minimum atomic E-state index is 0.0827. The Hall–Kier alpha value is -0.120. The van der Waals surface area contributed by atoms with E-state index in [9.17, 15) is 0 Å². The van der Waals surface area contributed by atoms with Crippen molar-refractivity contribution in [1.29, 1.82) is 0 Å². The molecule has 0 bridgehead atoms. The third-order valence-corrected chi connectivity index (χ3v) is 1.57. The molecule has 0 spiro atoms. The highest BCUT2D eigenvalue weighted by Crippen LogP contribution is 2.13. The molecule has 3 nitrogen and oxygen atoms in total. The van der Waals surface area contributed by atoms with E-state index in [1.807, 2.05) is 0 Å². The zero-order chi connectivity index (χ0) is 6.74. The predicted octanol–water partition coefficient (Wildman–Crippen LogP) is -0.676. The fourth-order valence-corrected chi connectivity index (χ4v) is 0.884. The largest absolute Gasteiger partial charge is 0.371 e. The van der Waals surface area contributed by atoms with Gasteiger partial charge in [0.25, 0.3) is 0 Å². The number of nitrogens with one attached hydrogen (secondary N) is 1. The Morgan fingerprint density at radius 2 is 2.33 bits per heavy atom. The fourth-order valence-electron chi connectivity index (χ4n) is 0.884. The summed E-state index contributed by atoms with van der Waals surface area (Å²) in [7, 11) is 0. The van der Waals surface area contributed by atoms with Gasteiger partial charge in [-0.05, 0) is 6.92 Å². The van der Waals surface area contributed by atoms with E-state index in [1.165, 1.54) is 0 Å². The molecule has 1 fully saturated rings. The van der Waals surface area contributed by atoms with Crippen LogP contribution in [0, 0.1) is 0 Å². The molecule has 1 saturated heterocycles. The third kappa shape index (κ3) is 1.64. The van der Waals surface area contributed by atoms with E-state index in [-0.39, 0.29) is 5.60 Å². The van der Waals surface area contributed by atoms with E-state index < -0.39 is 0 Å². The van der Waals surface area contributed by atoms with Gasteiger partial charge >= 0.3 is 0 Å². The Morgan fingerprint density at radius 1 is 1.67 bits per heavy atom. The summed E-state index contributed by atoms with van der Waals surface area (Å²) in [4.78, 5) is 0. The molecule has 1 aliphatic rings. The lowest BCUT2D eigenvalue weighted by Crippen LogP contribution is -2.59. The molecule has 1 aliphatic heterocycles. The molecule has 54 valence electrons. The van der Waals surface area contributed by atoms with Crippen LogP contribution in [0.3, 0.4) is 0 Å². The first-order valence-electron chi connectivity index (χ1n) is 3.32. The maximum atomic E-state index is 5.43. The highest BCUT2D eigenvalue weighted by Gasteiger charge is 2.31. The topological polar surface area (TPSA) is 47.3 Å². The van der Waals surface area contributed by atoms with Crippen LogP contribution in [0.1, 0.15) is 6.92 Å². The second kappa shape index (κ2) is 2.64. The number of hydrogen-bond donors (Lipinski definition) is 2. The van der Waals surface area contributed by atoms with Gasteiger partial charge in [-0.15, -0.1) is 0 Å². The van der Waals surface area contributed by atoms with Gasteiger partial charge in [0.05, 0.1) is 12.2 Å². The lowest BCUT2D eigenvalue weighted by molar-refractivity contribution is -0.0630. The second-order valence-electron chi connectivity index (χ2n) is 2.69. The van der Waals surface area contributed by atoms with Crippen LogP contribution < -0.4 is 11.1 Å². The van der Waals surface area contributed by atoms with E-state index in [2.05, 4.69) is 12.2 Å². The minimum Gasteiger partial charge on any atom is -0.371 e. The molecule has 0 amide bonds. The van der Waals surface area contributed by atoms with Crippen molar-refractivity contribution in [3.63, 3.8) is 0 Å². The summed E-state index contributed by atoms with van der Waals surface area (Å²) in [5, 5.41) is 3.14. The molecule has 9 heavy (non-hydrogen) atoms.